The zero-order chi connectivity index (χ0) is 18.7. The molecule has 0 aliphatic heterocycles. The van der Waals surface area contributed by atoms with Crippen LogP contribution in [-0.4, -0.2) is 22.2 Å². The first-order chi connectivity index (χ1) is 12.5. The van der Waals surface area contributed by atoms with Gasteiger partial charge in [0, 0.05) is 11.9 Å². The second kappa shape index (κ2) is 7.39. The number of ether oxygens (including phenoxy) is 1. The molecule has 0 unspecified atom stereocenters. The molecule has 0 aliphatic carbocycles. The molecule has 2 aromatic carbocycles. The predicted molar refractivity (Wildman–Crippen MR) is 100 cm³/mol. The van der Waals surface area contributed by atoms with E-state index >= 15 is 0 Å². The lowest BCUT2D eigenvalue weighted by atomic mass is 10.1. The van der Waals surface area contributed by atoms with Gasteiger partial charge in [-0.15, -0.1) is 10.2 Å². The van der Waals surface area contributed by atoms with Gasteiger partial charge in [0.2, 0.25) is 5.88 Å². The first-order valence-electron chi connectivity index (χ1n) is 8.46. The molecule has 0 saturated heterocycles. The Kier molecular flexibility index (Phi) is 5.02. The Morgan fingerprint density at radius 2 is 1.92 bits per heavy atom. The number of carbonyl (C=O) groups is 1. The van der Waals surface area contributed by atoms with Crippen LogP contribution in [0.4, 0.5) is 5.69 Å². The summed E-state index contributed by atoms with van der Waals surface area (Å²) >= 11 is 0. The van der Waals surface area contributed by atoms with Crippen molar-refractivity contribution in [3.8, 4) is 11.6 Å². The zero-order valence-corrected chi connectivity index (χ0v) is 15.1. The summed E-state index contributed by atoms with van der Waals surface area (Å²) in [4.78, 5) is 12.0. The lowest BCUT2D eigenvalue weighted by Gasteiger charge is -2.08. The van der Waals surface area contributed by atoms with Gasteiger partial charge in [-0.1, -0.05) is 30.3 Å². The fourth-order valence-corrected chi connectivity index (χ4v) is 2.85. The summed E-state index contributed by atoms with van der Waals surface area (Å²) in [5, 5.41) is 18.8. The minimum Gasteiger partial charge on any atom is -0.493 e. The first-order valence-corrected chi connectivity index (χ1v) is 8.46. The number of amides is 1. The molecule has 1 N–H and O–H groups in total. The van der Waals surface area contributed by atoms with E-state index in [1.165, 1.54) is 0 Å². The maximum atomic E-state index is 12.0. The average Bonchev–Trinajstić information content (AvgIpc) is 2.92. The van der Waals surface area contributed by atoms with Gasteiger partial charge in [0.1, 0.15) is 5.75 Å². The Labute approximate surface area is 151 Å². The number of benzene rings is 2. The van der Waals surface area contributed by atoms with E-state index in [4.69, 9.17) is 4.74 Å². The van der Waals surface area contributed by atoms with Gasteiger partial charge in [-0.25, -0.2) is 0 Å². The SMILES string of the molecule is CCn1c(O)c(N=NC(=O)COc2cccc(C)c2C)c2ccccc21. The van der Waals surface area contributed by atoms with Crippen molar-refractivity contribution in [1.82, 2.24) is 4.57 Å². The molecule has 1 heterocycles. The molecule has 0 radical (unpaired) electrons. The Hall–Kier alpha value is -3.15. The molecular weight excluding hydrogens is 330 g/mol. The summed E-state index contributed by atoms with van der Waals surface area (Å²) in [6.45, 7) is 6.23. The van der Waals surface area contributed by atoms with Crippen LogP contribution < -0.4 is 4.74 Å². The zero-order valence-electron chi connectivity index (χ0n) is 15.1. The highest BCUT2D eigenvalue weighted by atomic mass is 16.5. The summed E-state index contributed by atoms with van der Waals surface area (Å²) in [5.41, 5.74) is 3.22. The number of aryl methyl sites for hydroxylation is 2. The molecular formula is C20H21N3O3. The molecule has 0 fully saturated rings. The maximum absolute atomic E-state index is 12.0. The second-order valence-electron chi connectivity index (χ2n) is 6.01. The van der Waals surface area contributed by atoms with Gasteiger partial charge in [-0.2, -0.15) is 0 Å². The molecule has 0 atom stereocenters. The lowest BCUT2D eigenvalue weighted by molar-refractivity contribution is -0.120. The number of para-hydroxylation sites is 1. The normalized spacial score (nSPS) is 11.3. The van der Waals surface area contributed by atoms with Crippen LogP contribution in [0.25, 0.3) is 10.9 Å². The van der Waals surface area contributed by atoms with Crippen molar-refractivity contribution in [3.63, 3.8) is 0 Å². The van der Waals surface area contributed by atoms with E-state index in [2.05, 4.69) is 10.2 Å². The third-order valence-corrected chi connectivity index (χ3v) is 4.40. The molecule has 1 amide bonds. The molecule has 6 heteroatoms. The van der Waals surface area contributed by atoms with Crippen LogP contribution in [-0.2, 0) is 11.3 Å². The van der Waals surface area contributed by atoms with Crippen LogP contribution >= 0.6 is 0 Å². The Balaban J connectivity index is 1.78. The van der Waals surface area contributed by atoms with Gasteiger partial charge in [0.25, 0.3) is 0 Å². The largest absolute Gasteiger partial charge is 0.493 e. The third-order valence-electron chi connectivity index (χ3n) is 4.40. The van der Waals surface area contributed by atoms with Crippen molar-refractivity contribution in [2.75, 3.05) is 6.61 Å². The quantitative estimate of drug-likeness (QED) is 0.679. The molecule has 3 rings (SSSR count). The number of aromatic hydroxyl groups is 1. The molecule has 1 aromatic heterocycles. The predicted octanol–water partition coefficient (Wildman–Crippen LogP) is 4.67. The number of nitrogens with zero attached hydrogens (tertiary/aromatic N) is 3. The van der Waals surface area contributed by atoms with E-state index in [-0.39, 0.29) is 12.5 Å². The topological polar surface area (TPSA) is 76.2 Å². The molecule has 3 aromatic rings. The number of hydrogen-bond donors (Lipinski definition) is 1. The van der Waals surface area contributed by atoms with E-state index < -0.39 is 5.91 Å². The number of hydrogen-bond acceptors (Lipinski definition) is 4. The van der Waals surface area contributed by atoms with Crippen LogP contribution in [0.5, 0.6) is 11.6 Å². The molecule has 0 saturated carbocycles. The third kappa shape index (κ3) is 3.31. The van der Waals surface area contributed by atoms with Gasteiger partial charge in [-0.05, 0) is 44.0 Å². The summed E-state index contributed by atoms with van der Waals surface area (Å²) < 4.78 is 7.26. The van der Waals surface area contributed by atoms with Crippen LogP contribution in [0, 0.1) is 13.8 Å². The van der Waals surface area contributed by atoms with E-state index in [1.807, 2.05) is 63.2 Å². The van der Waals surface area contributed by atoms with Crippen LogP contribution in [0.15, 0.2) is 52.7 Å². The van der Waals surface area contributed by atoms with Crippen molar-refractivity contribution in [2.45, 2.75) is 27.3 Å². The fourth-order valence-electron chi connectivity index (χ4n) is 2.85. The molecule has 26 heavy (non-hydrogen) atoms. The molecule has 0 aliphatic rings. The van der Waals surface area contributed by atoms with Gasteiger partial charge in [0.15, 0.2) is 12.3 Å². The Morgan fingerprint density at radius 1 is 1.15 bits per heavy atom. The standard InChI is InChI=1S/C20H21N3O3/c1-4-23-16-10-6-5-9-15(16)19(20(23)25)22-21-18(24)12-26-17-11-7-8-13(2)14(17)3/h5-11,25H,4,12H2,1-3H3. The van der Waals surface area contributed by atoms with E-state index in [0.717, 1.165) is 22.0 Å². The highest BCUT2D eigenvalue weighted by molar-refractivity contribution is 5.95. The highest BCUT2D eigenvalue weighted by Gasteiger charge is 2.15. The first kappa shape index (κ1) is 17.7. The van der Waals surface area contributed by atoms with Crippen molar-refractivity contribution < 1.29 is 14.6 Å². The Morgan fingerprint density at radius 3 is 2.69 bits per heavy atom. The van der Waals surface area contributed by atoms with Gasteiger partial charge in [-0.3, -0.25) is 4.79 Å². The van der Waals surface area contributed by atoms with Crippen LogP contribution in [0.1, 0.15) is 18.1 Å². The van der Waals surface area contributed by atoms with Crippen LogP contribution in [0.3, 0.4) is 0 Å². The minimum absolute atomic E-state index is 0.000645. The van der Waals surface area contributed by atoms with E-state index in [0.29, 0.717) is 18.0 Å². The number of aromatic nitrogens is 1. The molecule has 134 valence electrons. The molecule has 0 bridgehead atoms. The monoisotopic (exact) mass is 351 g/mol. The smallest absolute Gasteiger partial charge is 0.302 e. The number of carbonyl (C=O) groups excluding carboxylic acids is 1. The second-order valence-corrected chi connectivity index (χ2v) is 6.01. The number of fused-ring (bicyclic) bond motifs is 1. The van der Waals surface area contributed by atoms with Gasteiger partial charge >= 0.3 is 5.91 Å². The van der Waals surface area contributed by atoms with Gasteiger partial charge in [0.05, 0.1) is 5.52 Å². The van der Waals surface area contributed by atoms with Crippen molar-refractivity contribution in [3.05, 3.63) is 53.6 Å². The van der Waals surface area contributed by atoms with Crippen LogP contribution in [0.2, 0.25) is 0 Å². The average molecular weight is 351 g/mol. The number of azo groups is 1. The van der Waals surface area contributed by atoms with Crippen molar-refractivity contribution >= 4 is 22.5 Å². The summed E-state index contributed by atoms with van der Waals surface area (Å²) in [5.74, 6) is 0.137. The molecule has 0 spiro atoms. The van der Waals surface area contributed by atoms with Gasteiger partial charge < -0.3 is 14.4 Å². The summed E-state index contributed by atoms with van der Waals surface area (Å²) in [6, 6.07) is 13.1. The Bertz CT molecular complexity index is 989. The van der Waals surface area contributed by atoms with E-state index in [9.17, 15) is 9.90 Å². The van der Waals surface area contributed by atoms with Crippen molar-refractivity contribution in [1.29, 1.82) is 0 Å². The lowest BCUT2D eigenvalue weighted by Crippen LogP contribution is -2.08. The molecule has 6 nitrogen and oxygen atoms in total. The number of rotatable bonds is 5. The van der Waals surface area contributed by atoms with E-state index in [1.54, 1.807) is 4.57 Å². The summed E-state index contributed by atoms with van der Waals surface area (Å²) in [7, 11) is 0. The minimum atomic E-state index is -0.515. The fraction of sp³-hybridized carbons (Fsp3) is 0.250. The highest BCUT2D eigenvalue weighted by Crippen LogP contribution is 2.38. The summed E-state index contributed by atoms with van der Waals surface area (Å²) in [6.07, 6.45) is 0. The maximum Gasteiger partial charge on any atom is 0.302 e. The van der Waals surface area contributed by atoms with Crippen molar-refractivity contribution in [2.24, 2.45) is 10.2 Å².